The van der Waals surface area contributed by atoms with E-state index in [9.17, 15) is 49.2 Å². The molecule has 2 saturated heterocycles. The molecule has 0 aromatic carbocycles. The summed E-state index contributed by atoms with van der Waals surface area (Å²) in [5, 5.41) is 43.2. The highest BCUT2D eigenvalue weighted by Crippen LogP contribution is 2.45. The fraction of sp³-hybridized carbons (Fsp3) is 0.759. The number of methoxy groups -OCH3 is 3. The SMILES string of the molecule is CO[C@H]1C[C@@H]2CC[C@@H](C)[C@@](O)(O2)C(=O)C(=O)N2CCCC[C@H]2C(=O)O[C@@H]([C@H](C)C[C@]2(C)CC[C@@H](OC(=O)C(C)(CO)CO)[C@H](OC)C2)CCC(=O)[C@H](C)/C=C(\C)[C@@H](O)[C@@H](OC)C(=O)[C@H](C)C[C@H](C)/C=C/C=C/C=C/1C. The largest absolute Gasteiger partial charge is 0.461 e. The second kappa shape index (κ2) is 28.6. The van der Waals surface area contributed by atoms with Gasteiger partial charge in [0, 0.05) is 58.5 Å². The number of rotatable bonds is 10. The van der Waals surface area contributed by atoms with Crippen molar-refractivity contribution < 1.29 is 77.6 Å². The Balaban J connectivity index is 1.70. The monoisotopic (exact) mass is 1060 g/mol. The normalized spacial score (nSPS) is 37.9. The fourth-order valence-electron chi connectivity index (χ4n) is 11.3. The van der Waals surface area contributed by atoms with Crippen LogP contribution in [0.4, 0.5) is 0 Å². The molecule has 15 atom stereocenters. The predicted octanol–water partition coefficient (Wildman–Crippen LogP) is 6.50. The molecule has 0 aromatic rings. The molecule has 1 saturated carbocycles. The molecule has 17 heteroatoms. The molecule has 4 N–H and O–H groups in total. The smallest absolute Gasteiger partial charge is 0.329 e. The van der Waals surface area contributed by atoms with Gasteiger partial charge in [0.1, 0.15) is 41.7 Å². The number of carbonyl (C=O) groups excluding carboxylic acids is 6. The van der Waals surface area contributed by atoms with Gasteiger partial charge in [0.05, 0.1) is 31.5 Å². The summed E-state index contributed by atoms with van der Waals surface area (Å²) in [6.45, 7) is 15.0. The number of allylic oxidation sites excluding steroid dienone is 6. The van der Waals surface area contributed by atoms with Crippen molar-refractivity contribution in [2.24, 2.45) is 40.4 Å². The molecule has 0 radical (unpaired) electrons. The molecule has 3 fully saturated rings. The van der Waals surface area contributed by atoms with E-state index >= 15 is 0 Å². The van der Waals surface area contributed by atoms with Crippen LogP contribution in [0.25, 0.3) is 0 Å². The first-order chi connectivity index (χ1) is 35.3. The average molecular weight is 1060 g/mol. The number of aliphatic hydroxyl groups excluding tert-OH is 3. The van der Waals surface area contributed by atoms with Crippen molar-refractivity contribution >= 4 is 35.2 Å². The number of nitrogens with zero attached hydrogens (tertiary/aromatic N) is 1. The first-order valence-corrected chi connectivity index (χ1v) is 27.2. The minimum absolute atomic E-state index is 0.0000927. The third-order valence-corrected chi connectivity index (χ3v) is 16.6. The summed E-state index contributed by atoms with van der Waals surface area (Å²) in [6.07, 6.45) is 10.5. The zero-order valence-electron chi connectivity index (χ0n) is 46.9. The van der Waals surface area contributed by atoms with Crippen molar-refractivity contribution in [2.45, 2.75) is 200 Å². The van der Waals surface area contributed by atoms with Gasteiger partial charge in [-0.25, -0.2) is 4.79 Å². The van der Waals surface area contributed by atoms with Crippen LogP contribution < -0.4 is 0 Å². The van der Waals surface area contributed by atoms with Crippen LogP contribution in [0.2, 0.25) is 0 Å². The summed E-state index contributed by atoms with van der Waals surface area (Å²) >= 11 is 0. The van der Waals surface area contributed by atoms with Crippen LogP contribution in [0.3, 0.4) is 0 Å². The molecule has 2 bridgehead atoms. The maximum atomic E-state index is 14.6. The van der Waals surface area contributed by atoms with Crippen LogP contribution in [-0.4, -0.2) is 156 Å². The number of cyclic esters (lactones) is 1. The first kappa shape index (κ1) is 63.6. The number of hydrogen-bond donors (Lipinski definition) is 4. The number of hydrogen-bond acceptors (Lipinski definition) is 16. The van der Waals surface area contributed by atoms with Gasteiger partial charge in [-0.3, -0.25) is 24.0 Å². The quantitative estimate of drug-likeness (QED) is 0.104. The Morgan fingerprint density at radius 2 is 1.57 bits per heavy atom. The molecule has 17 nitrogen and oxygen atoms in total. The molecule has 1 amide bonds. The molecule has 424 valence electrons. The van der Waals surface area contributed by atoms with Gasteiger partial charge in [-0.1, -0.05) is 78.0 Å². The summed E-state index contributed by atoms with van der Waals surface area (Å²) in [6, 6.07) is -1.16. The number of amides is 1. The van der Waals surface area contributed by atoms with E-state index in [-0.39, 0.29) is 49.2 Å². The third-order valence-electron chi connectivity index (χ3n) is 16.6. The Bertz CT molecular complexity index is 2080. The van der Waals surface area contributed by atoms with Crippen molar-refractivity contribution in [1.82, 2.24) is 4.90 Å². The number of Topliss-reactive ketones (excluding diaryl/α,β-unsaturated/α-hetero) is 3. The number of fused-ring (bicyclic) bond motifs is 3. The van der Waals surface area contributed by atoms with Crippen molar-refractivity contribution in [3.05, 3.63) is 47.6 Å². The fourth-order valence-corrected chi connectivity index (χ4v) is 11.3. The average Bonchev–Trinajstić information content (AvgIpc) is 3.38. The summed E-state index contributed by atoms with van der Waals surface area (Å²) in [7, 11) is 4.46. The Hall–Kier alpha value is -3.94. The van der Waals surface area contributed by atoms with E-state index in [1.54, 1.807) is 40.9 Å². The molecular weight excluding hydrogens is 967 g/mol. The zero-order chi connectivity index (χ0) is 56.0. The van der Waals surface area contributed by atoms with E-state index in [1.807, 2.05) is 51.2 Å². The van der Waals surface area contributed by atoms with Crippen molar-refractivity contribution in [3.63, 3.8) is 0 Å². The molecule has 0 aromatic heterocycles. The highest BCUT2D eigenvalue weighted by molar-refractivity contribution is 6.39. The lowest BCUT2D eigenvalue weighted by Gasteiger charge is -2.44. The van der Waals surface area contributed by atoms with Gasteiger partial charge >= 0.3 is 11.9 Å². The van der Waals surface area contributed by atoms with E-state index in [4.69, 9.17) is 28.4 Å². The van der Waals surface area contributed by atoms with E-state index in [0.29, 0.717) is 69.8 Å². The second-order valence-corrected chi connectivity index (χ2v) is 23.0. The maximum Gasteiger partial charge on any atom is 0.329 e. The van der Waals surface area contributed by atoms with E-state index < -0.39 is 120 Å². The van der Waals surface area contributed by atoms with E-state index in [0.717, 1.165) is 5.57 Å². The second-order valence-electron chi connectivity index (χ2n) is 23.0. The molecule has 75 heavy (non-hydrogen) atoms. The standard InChI is InChI=1S/C58H91NO16/c1-35-18-14-13-15-19-36(2)47(70-10)30-42-22-21-41(7)58(69,75-42)52(65)53(66)59-27-17-16-20-43(59)54(67)73-45(24-23-44(62)37(3)29-39(5)50(64)51(72-12)49(63)38(4)28-35)40(6)31-56(8)26-25-46(48(32-56)71-11)74-55(68)57(9,33-60)34-61/h13-15,18-19,29,35,37-38,40-43,45-48,50-51,60-61,64,69H,16-17,20-28,30-34H2,1-12H3/b15-13+,18-14+,36-19+,39-29+/t35-,37-,38-,40-,41-,42+,43+,45-,46-,47+,48-,50-,51+,56+,58-/m1/s1. The molecule has 3 heterocycles. The molecule has 0 unspecified atom stereocenters. The molecule has 4 rings (SSSR count). The number of aliphatic hydroxyl groups is 4. The molecule has 3 aliphatic heterocycles. The van der Waals surface area contributed by atoms with Crippen LogP contribution in [0.15, 0.2) is 47.6 Å². The van der Waals surface area contributed by atoms with Gasteiger partial charge in [-0.05, 0) is 120 Å². The lowest BCUT2D eigenvalue weighted by Crippen LogP contribution is -2.61. The molecular formula is C58H91NO16. The topological polar surface area (TPSA) is 242 Å². The number of ether oxygens (including phenoxy) is 6. The highest BCUT2D eigenvalue weighted by atomic mass is 16.6. The van der Waals surface area contributed by atoms with Crippen LogP contribution in [-0.2, 0) is 57.2 Å². The van der Waals surface area contributed by atoms with Crippen LogP contribution in [0, 0.1) is 40.4 Å². The predicted molar refractivity (Wildman–Crippen MR) is 281 cm³/mol. The van der Waals surface area contributed by atoms with Gasteiger partial charge in [-0.2, -0.15) is 0 Å². The van der Waals surface area contributed by atoms with Crippen LogP contribution in [0.5, 0.6) is 0 Å². The minimum Gasteiger partial charge on any atom is -0.461 e. The summed E-state index contributed by atoms with van der Waals surface area (Å²) in [5.41, 5.74) is -0.672. The van der Waals surface area contributed by atoms with E-state index in [2.05, 4.69) is 6.92 Å². The molecule has 1 aliphatic carbocycles. The first-order valence-electron chi connectivity index (χ1n) is 27.2. The number of carbonyl (C=O) groups is 6. The Kier molecular flexibility index (Phi) is 24.3. The van der Waals surface area contributed by atoms with Crippen molar-refractivity contribution in [3.8, 4) is 0 Å². The third kappa shape index (κ3) is 16.5. The summed E-state index contributed by atoms with van der Waals surface area (Å²) in [5.74, 6) is -8.89. The van der Waals surface area contributed by atoms with Gasteiger partial charge in [0.2, 0.25) is 5.79 Å². The minimum atomic E-state index is -2.46. The Labute approximate surface area is 445 Å². The zero-order valence-corrected chi connectivity index (χ0v) is 46.9. The van der Waals surface area contributed by atoms with Gasteiger partial charge in [-0.15, -0.1) is 0 Å². The number of esters is 2. The van der Waals surface area contributed by atoms with Gasteiger partial charge < -0.3 is 53.7 Å². The molecule has 4 aliphatic rings. The number of ketones is 3. The van der Waals surface area contributed by atoms with Crippen LogP contribution in [0.1, 0.15) is 146 Å². The Morgan fingerprint density at radius 1 is 0.880 bits per heavy atom. The van der Waals surface area contributed by atoms with E-state index in [1.165, 1.54) is 26.0 Å². The maximum absolute atomic E-state index is 14.6. The molecule has 0 spiro atoms. The number of piperidine rings is 1. The highest BCUT2D eigenvalue weighted by Gasteiger charge is 2.53. The van der Waals surface area contributed by atoms with Crippen molar-refractivity contribution in [2.75, 3.05) is 41.1 Å². The van der Waals surface area contributed by atoms with Gasteiger partial charge in [0.15, 0.2) is 5.78 Å². The Morgan fingerprint density at radius 3 is 2.21 bits per heavy atom. The van der Waals surface area contributed by atoms with Crippen LogP contribution >= 0.6 is 0 Å². The van der Waals surface area contributed by atoms with Crippen molar-refractivity contribution in [1.29, 1.82) is 0 Å². The summed E-state index contributed by atoms with van der Waals surface area (Å²) < 4.78 is 35.7. The van der Waals surface area contributed by atoms with Gasteiger partial charge in [0.25, 0.3) is 11.7 Å². The lowest BCUT2D eigenvalue weighted by atomic mass is 9.68. The summed E-state index contributed by atoms with van der Waals surface area (Å²) in [4.78, 5) is 85.4. The lowest BCUT2D eigenvalue weighted by molar-refractivity contribution is -0.265.